The molecule has 1 aromatic carbocycles. The lowest BCUT2D eigenvalue weighted by molar-refractivity contribution is 0.0689. The number of carbonyl (C=O) groups excluding carboxylic acids is 1. The predicted octanol–water partition coefficient (Wildman–Crippen LogP) is 3.80. The Morgan fingerprint density at radius 2 is 2.00 bits per heavy atom. The van der Waals surface area contributed by atoms with Gasteiger partial charge in [-0.25, -0.2) is 9.37 Å². The molecule has 1 amide bonds. The number of nitrogens with zero attached hydrogens (tertiary/aromatic N) is 3. The van der Waals surface area contributed by atoms with E-state index in [9.17, 15) is 9.18 Å². The molecule has 152 valence electrons. The minimum atomic E-state index is -0.317. The third kappa shape index (κ3) is 4.00. The molecule has 29 heavy (non-hydrogen) atoms. The summed E-state index contributed by atoms with van der Waals surface area (Å²) in [6, 6.07) is 7.83. The maximum atomic E-state index is 13.4. The summed E-state index contributed by atoms with van der Waals surface area (Å²) >= 11 is 0. The van der Waals surface area contributed by atoms with Crippen molar-refractivity contribution in [3.63, 3.8) is 0 Å². The minimum Gasteiger partial charge on any atom is -0.339 e. The van der Waals surface area contributed by atoms with E-state index in [0.29, 0.717) is 34.0 Å². The van der Waals surface area contributed by atoms with E-state index in [2.05, 4.69) is 15.5 Å². The lowest BCUT2D eigenvalue weighted by Gasteiger charge is -2.32. The smallest absolute Gasteiger partial charge is 0.259 e. The van der Waals surface area contributed by atoms with Gasteiger partial charge in [0.2, 0.25) is 0 Å². The lowest BCUT2D eigenvalue weighted by Crippen LogP contribution is -2.39. The Hall–Kier alpha value is -2.80. The van der Waals surface area contributed by atoms with Crippen molar-refractivity contribution in [2.45, 2.75) is 26.2 Å². The SMILES string of the molecule is CNCCC1CCN(C(=O)c2cc(-c3ccc(F)cc3)nc3onc(C)c23)CC1. The monoisotopic (exact) mass is 396 g/mol. The van der Waals surface area contributed by atoms with Crippen LogP contribution < -0.4 is 5.32 Å². The van der Waals surface area contributed by atoms with Gasteiger partial charge in [0.1, 0.15) is 5.82 Å². The number of rotatable bonds is 5. The highest BCUT2D eigenvalue weighted by Crippen LogP contribution is 2.29. The van der Waals surface area contributed by atoms with Crippen LogP contribution >= 0.6 is 0 Å². The van der Waals surface area contributed by atoms with Crippen LogP contribution in [-0.2, 0) is 0 Å². The second-order valence-corrected chi connectivity index (χ2v) is 7.64. The number of benzene rings is 1. The number of hydrogen-bond donors (Lipinski definition) is 1. The van der Waals surface area contributed by atoms with Gasteiger partial charge in [0, 0.05) is 18.7 Å². The zero-order valence-electron chi connectivity index (χ0n) is 16.7. The van der Waals surface area contributed by atoms with Crippen molar-refractivity contribution in [2.24, 2.45) is 5.92 Å². The summed E-state index contributed by atoms with van der Waals surface area (Å²) < 4.78 is 18.7. The van der Waals surface area contributed by atoms with Crippen LogP contribution in [0.3, 0.4) is 0 Å². The van der Waals surface area contributed by atoms with E-state index in [1.807, 2.05) is 18.9 Å². The van der Waals surface area contributed by atoms with Crippen LogP contribution in [0.2, 0.25) is 0 Å². The first kappa shape index (κ1) is 19.5. The first-order chi connectivity index (χ1) is 14.1. The van der Waals surface area contributed by atoms with Crippen LogP contribution in [0, 0.1) is 18.7 Å². The summed E-state index contributed by atoms with van der Waals surface area (Å²) in [4.78, 5) is 19.8. The highest BCUT2D eigenvalue weighted by molar-refractivity contribution is 6.07. The van der Waals surface area contributed by atoms with Crippen LogP contribution in [0.1, 0.15) is 35.3 Å². The van der Waals surface area contributed by atoms with E-state index >= 15 is 0 Å². The molecule has 7 heteroatoms. The number of pyridine rings is 1. The first-order valence-electron chi connectivity index (χ1n) is 10.0. The summed E-state index contributed by atoms with van der Waals surface area (Å²) in [5, 5.41) is 7.85. The Bertz CT molecular complexity index is 1010. The number of aromatic nitrogens is 2. The van der Waals surface area contributed by atoms with Gasteiger partial charge in [0.05, 0.1) is 22.3 Å². The summed E-state index contributed by atoms with van der Waals surface area (Å²) in [6.45, 7) is 4.30. The third-order valence-corrected chi connectivity index (χ3v) is 5.69. The van der Waals surface area contributed by atoms with Crippen molar-refractivity contribution < 1.29 is 13.7 Å². The fourth-order valence-electron chi connectivity index (χ4n) is 3.98. The molecule has 0 unspecified atom stereocenters. The molecule has 0 saturated carbocycles. The maximum Gasteiger partial charge on any atom is 0.259 e. The largest absolute Gasteiger partial charge is 0.339 e. The van der Waals surface area contributed by atoms with E-state index in [0.717, 1.165) is 44.5 Å². The quantitative estimate of drug-likeness (QED) is 0.710. The van der Waals surface area contributed by atoms with Crippen molar-refractivity contribution in [1.29, 1.82) is 0 Å². The van der Waals surface area contributed by atoms with Gasteiger partial charge < -0.3 is 14.7 Å². The fourth-order valence-corrected chi connectivity index (χ4v) is 3.98. The van der Waals surface area contributed by atoms with Crippen molar-refractivity contribution >= 4 is 17.0 Å². The summed E-state index contributed by atoms with van der Waals surface area (Å²) in [7, 11) is 1.97. The predicted molar refractivity (Wildman–Crippen MR) is 109 cm³/mol. The number of fused-ring (bicyclic) bond motifs is 1. The molecule has 3 heterocycles. The number of halogens is 1. The molecule has 1 fully saturated rings. The van der Waals surface area contributed by atoms with Gasteiger partial charge in [-0.3, -0.25) is 4.79 Å². The number of aryl methyl sites for hydroxylation is 1. The normalized spacial score (nSPS) is 15.2. The van der Waals surface area contributed by atoms with E-state index in [1.165, 1.54) is 12.1 Å². The van der Waals surface area contributed by atoms with Crippen LogP contribution in [-0.4, -0.2) is 47.6 Å². The first-order valence-corrected chi connectivity index (χ1v) is 10.0. The van der Waals surface area contributed by atoms with E-state index in [4.69, 9.17) is 4.52 Å². The molecule has 0 atom stereocenters. The molecule has 4 rings (SSSR count). The molecule has 0 aliphatic carbocycles. The van der Waals surface area contributed by atoms with E-state index in [1.54, 1.807) is 18.2 Å². The van der Waals surface area contributed by atoms with Gasteiger partial charge in [-0.2, -0.15) is 0 Å². The number of likely N-dealkylation sites (tertiary alicyclic amines) is 1. The van der Waals surface area contributed by atoms with Crippen molar-refractivity contribution in [1.82, 2.24) is 20.4 Å². The lowest BCUT2D eigenvalue weighted by atomic mass is 9.93. The Morgan fingerprint density at radius 1 is 1.28 bits per heavy atom. The minimum absolute atomic E-state index is 0.0286. The Balaban J connectivity index is 1.64. The zero-order chi connectivity index (χ0) is 20.4. The van der Waals surface area contributed by atoms with Crippen molar-refractivity contribution in [3.8, 4) is 11.3 Å². The molecule has 6 nitrogen and oxygen atoms in total. The van der Waals surface area contributed by atoms with Gasteiger partial charge in [0.25, 0.3) is 11.6 Å². The van der Waals surface area contributed by atoms with E-state index in [-0.39, 0.29) is 11.7 Å². The Kier molecular flexibility index (Phi) is 5.58. The topological polar surface area (TPSA) is 71.3 Å². The number of amides is 1. The van der Waals surface area contributed by atoms with Gasteiger partial charge in [-0.05, 0) is 76.0 Å². The summed E-state index contributed by atoms with van der Waals surface area (Å²) in [5.74, 6) is 0.304. The van der Waals surface area contributed by atoms with Crippen LogP contribution in [0.25, 0.3) is 22.4 Å². The molecule has 2 aromatic heterocycles. The highest BCUT2D eigenvalue weighted by Gasteiger charge is 2.27. The van der Waals surface area contributed by atoms with Gasteiger partial charge in [-0.1, -0.05) is 5.16 Å². The second kappa shape index (κ2) is 8.29. The zero-order valence-corrected chi connectivity index (χ0v) is 16.7. The van der Waals surface area contributed by atoms with Gasteiger partial charge >= 0.3 is 0 Å². The second-order valence-electron chi connectivity index (χ2n) is 7.64. The molecule has 0 spiro atoms. The van der Waals surface area contributed by atoms with Crippen LogP contribution in [0.4, 0.5) is 4.39 Å². The number of carbonyl (C=O) groups is 1. The number of piperidine rings is 1. The molecular formula is C22H25FN4O2. The molecule has 1 saturated heterocycles. The summed E-state index contributed by atoms with van der Waals surface area (Å²) in [6.07, 6.45) is 3.15. The Morgan fingerprint density at radius 3 is 2.69 bits per heavy atom. The number of hydrogen-bond acceptors (Lipinski definition) is 5. The van der Waals surface area contributed by atoms with Crippen molar-refractivity contribution in [3.05, 3.63) is 47.4 Å². The average molecular weight is 396 g/mol. The summed E-state index contributed by atoms with van der Waals surface area (Å²) in [5.41, 5.74) is 2.81. The highest BCUT2D eigenvalue weighted by atomic mass is 19.1. The molecular weight excluding hydrogens is 371 g/mol. The molecule has 1 N–H and O–H groups in total. The molecule has 3 aromatic rings. The molecule has 0 bridgehead atoms. The van der Waals surface area contributed by atoms with E-state index < -0.39 is 0 Å². The van der Waals surface area contributed by atoms with Gasteiger partial charge in [0.15, 0.2) is 0 Å². The fraction of sp³-hybridized carbons (Fsp3) is 0.409. The average Bonchev–Trinajstić information content (AvgIpc) is 3.13. The molecule has 0 radical (unpaired) electrons. The maximum absolute atomic E-state index is 13.4. The molecule has 1 aliphatic heterocycles. The molecule has 1 aliphatic rings. The third-order valence-electron chi connectivity index (χ3n) is 5.69. The Labute approximate surface area is 169 Å². The van der Waals surface area contributed by atoms with Crippen LogP contribution in [0.15, 0.2) is 34.9 Å². The van der Waals surface area contributed by atoms with Crippen LogP contribution in [0.5, 0.6) is 0 Å². The number of nitrogens with one attached hydrogen (secondary N) is 1. The van der Waals surface area contributed by atoms with Crippen molar-refractivity contribution in [2.75, 3.05) is 26.7 Å². The standard InChI is InChI=1S/C22H25FN4O2/c1-14-20-18(22(28)27-11-8-15(9-12-27)7-10-24-2)13-19(25-21(20)29-26-14)16-3-5-17(23)6-4-16/h3-6,13,15,24H,7-12H2,1-2H3. The van der Waals surface area contributed by atoms with Gasteiger partial charge in [-0.15, -0.1) is 0 Å².